The largest absolute Gasteiger partial charge is 0.456 e. The summed E-state index contributed by atoms with van der Waals surface area (Å²) in [5, 5.41) is 9.98. The van der Waals surface area contributed by atoms with Crippen molar-refractivity contribution in [1.29, 1.82) is 0 Å². The molecular formula is C48H29NO. The zero-order valence-corrected chi connectivity index (χ0v) is 27.1. The van der Waals surface area contributed by atoms with Crippen LogP contribution in [0.5, 0.6) is 11.5 Å². The van der Waals surface area contributed by atoms with Gasteiger partial charge in [-0.25, -0.2) is 0 Å². The summed E-state index contributed by atoms with van der Waals surface area (Å²) in [5.74, 6) is 1.82. The van der Waals surface area contributed by atoms with Gasteiger partial charge in [0.15, 0.2) is 0 Å². The van der Waals surface area contributed by atoms with Gasteiger partial charge in [-0.05, 0) is 97.2 Å². The molecule has 2 nitrogen and oxygen atoms in total. The molecular weight excluding hydrogens is 607 g/mol. The molecule has 0 amide bonds. The van der Waals surface area contributed by atoms with Gasteiger partial charge in [0, 0.05) is 27.4 Å². The molecule has 1 aliphatic rings. The molecule has 11 rings (SSSR count). The Morgan fingerprint density at radius 3 is 1.88 bits per heavy atom. The first kappa shape index (κ1) is 27.3. The van der Waals surface area contributed by atoms with Crippen LogP contribution in [0.25, 0.3) is 93.2 Å². The summed E-state index contributed by atoms with van der Waals surface area (Å²) >= 11 is 0. The summed E-state index contributed by atoms with van der Waals surface area (Å²) in [5.41, 5.74) is 10.7. The van der Waals surface area contributed by atoms with Gasteiger partial charge in [0.05, 0.1) is 11.0 Å². The van der Waals surface area contributed by atoms with Crippen LogP contribution < -0.4 is 4.74 Å². The molecule has 0 spiro atoms. The van der Waals surface area contributed by atoms with Gasteiger partial charge < -0.3 is 9.30 Å². The minimum absolute atomic E-state index is 0.908. The third kappa shape index (κ3) is 3.90. The molecule has 0 saturated heterocycles. The molecule has 1 aliphatic heterocycles. The monoisotopic (exact) mass is 635 g/mol. The van der Waals surface area contributed by atoms with Crippen LogP contribution in [-0.4, -0.2) is 4.57 Å². The molecule has 9 aromatic carbocycles. The van der Waals surface area contributed by atoms with Crippen molar-refractivity contribution in [3.63, 3.8) is 0 Å². The van der Waals surface area contributed by atoms with E-state index in [2.05, 4.69) is 168 Å². The van der Waals surface area contributed by atoms with Crippen LogP contribution in [0.1, 0.15) is 0 Å². The summed E-state index contributed by atoms with van der Waals surface area (Å²) in [6.07, 6.45) is 0. The van der Waals surface area contributed by atoms with Crippen molar-refractivity contribution < 1.29 is 4.74 Å². The van der Waals surface area contributed by atoms with Crippen LogP contribution in [0, 0.1) is 0 Å². The lowest BCUT2D eigenvalue weighted by molar-refractivity contribution is 0.487. The first-order valence-corrected chi connectivity index (χ1v) is 17.2. The molecule has 0 radical (unpaired) electrons. The highest BCUT2D eigenvalue weighted by atomic mass is 16.5. The van der Waals surface area contributed by atoms with Gasteiger partial charge in [-0.15, -0.1) is 0 Å². The van der Waals surface area contributed by atoms with E-state index in [1.807, 2.05) is 12.1 Å². The fourth-order valence-electron chi connectivity index (χ4n) is 8.33. The number of hydrogen-bond donors (Lipinski definition) is 0. The van der Waals surface area contributed by atoms with E-state index >= 15 is 0 Å². The molecule has 0 aliphatic carbocycles. The topological polar surface area (TPSA) is 14.2 Å². The summed E-state index contributed by atoms with van der Waals surface area (Å²) in [7, 11) is 0. The molecule has 0 saturated carbocycles. The van der Waals surface area contributed by atoms with Gasteiger partial charge in [-0.1, -0.05) is 133 Å². The van der Waals surface area contributed by atoms with Crippen LogP contribution >= 0.6 is 0 Å². The van der Waals surface area contributed by atoms with Crippen LogP contribution in [0.3, 0.4) is 0 Å². The molecule has 0 fully saturated rings. The van der Waals surface area contributed by atoms with Gasteiger partial charge in [0.2, 0.25) is 0 Å². The lowest BCUT2D eigenvalue weighted by Gasteiger charge is -2.23. The average molecular weight is 636 g/mol. The van der Waals surface area contributed by atoms with E-state index in [9.17, 15) is 0 Å². The maximum absolute atomic E-state index is 6.41. The van der Waals surface area contributed by atoms with Crippen molar-refractivity contribution in [2.75, 3.05) is 0 Å². The molecule has 10 aromatic rings. The van der Waals surface area contributed by atoms with Crippen LogP contribution in [0.4, 0.5) is 0 Å². The summed E-state index contributed by atoms with van der Waals surface area (Å²) in [4.78, 5) is 0. The standard InChI is InChI=1S/C48H29NO/c1-2-12-33-29-44-42(28-32(33)11-1)47-36-14-4-3-10-30(36)22-26-43(47)49(44)34-23-20-31(21-24-34)35-13-5-6-15-37(35)38-25-27-46-48-40(38)17-9-18-41(48)39-16-7-8-19-45(39)50-46/h1-29H. The highest BCUT2D eigenvalue weighted by Gasteiger charge is 2.22. The van der Waals surface area contributed by atoms with Crippen LogP contribution in [0.2, 0.25) is 0 Å². The summed E-state index contributed by atoms with van der Waals surface area (Å²) in [6, 6.07) is 63.8. The third-order valence-electron chi connectivity index (χ3n) is 10.6. The summed E-state index contributed by atoms with van der Waals surface area (Å²) in [6.45, 7) is 0. The molecule has 0 N–H and O–H groups in total. The number of hydrogen-bond acceptors (Lipinski definition) is 1. The lowest BCUT2D eigenvalue weighted by Crippen LogP contribution is -1.98. The number of fused-ring (bicyclic) bond motifs is 8. The van der Waals surface area contributed by atoms with Gasteiger partial charge in [-0.3, -0.25) is 0 Å². The number of ether oxygens (including phenoxy) is 1. The molecule has 0 bridgehead atoms. The minimum Gasteiger partial charge on any atom is -0.456 e. The predicted molar refractivity (Wildman–Crippen MR) is 210 cm³/mol. The first-order valence-electron chi connectivity index (χ1n) is 17.2. The van der Waals surface area contributed by atoms with E-state index in [4.69, 9.17) is 4.74 Å². The lowest BCUT2D eigenvalue weighted by atomic mass is 9.88. The Morgan fingerprint density at radius 2 is 1.02 bits per heavy atom. The van der Waals surface area contributed by atoms with Crippen molar-refractivity contribution >= 4 is 54.1 Å². The van der Waals surface area contributed by atoms with E-state index in [0.29, 0.717) is 0 Å². The number of para-hydroxylation sites is 1. The fraction of sp³-hybridized carbons (Fsp3) is 0. The minimum atomic E-state index is 0.908. The smallest absolute Gasteiger partial charge is 0.135 e. The molecule has 2 heteroatoms. The van der Waals surface area contributed by atoms with Gasteiger partial charge in [0.25, 0.3) is 0 Å². The van der Waals surface area contributed by atoms with Gasteiger partial charge in [0.1, 0.15) is 11.5 Å². The number of benzene rings is 9. The van der Waals surface area contributed by atoms with E-state index in [1.165, 1.54) is 81.9 Å². The Morgan fingerprint density at radius 1 is 0.340 bits per heavy atom. The molecule has 0 unspecified atom stereocenters. The maximum atomic E-state index is 6.41. The fourth-order valence-corrected chi connectivity index (χ4v) is 8.33. The Labute approximate surface area is 289 Å². The first-order chi connectivity index (χ1) is 24.8. The van der Waals surface area contributed by atoms with Crippen molar-refractivity contribution in [3.8, 4) is 50.6 Å². The number of aromatic nitrogens is 1. The van der Waals surface area contributed by atoms with E-state index in [1.54, 1.807) is 0 Å². The second kappa shape index (κ2) is 10.4. The average Bonchev–Trinajstić information content (AvgIpc) is 3.51. The Hall–Kier alpha value is -6.64. The normalized spacial score (nSPS) is 12.2. The highest BCUT2D eigenvalue weighted by molar-refractivity contribution is 6.23. The van der Waals surface area contributed by atoms with Gasteiger partial charge >= 0.3 is 0 Å². The Kier molecular flexibility index (Phi) is 5.70. The molecule has 2 heterocycles. The van der Waals surface area contributed by atoms with Crippen molar-refractivity contribution in [2.45, 2.75) is 0 Å². The second-order valence-corrected chi connectivity index (χ2v) is 13.3. The van der Waals surface area contributed by atoms with Gasteiger partial charge in [-0.2, -0.15) is 0 Å². The highest BCUT2D eigenvalue weighted by Crippen LogP contribution is 2.49. The summed E-state index contributed by atoms with van der Waals surface area (Å²) < 4.78 is 8.84. The molecule has 0 atom stereocenters. The number of rotatable bonds is 3. The molecule has 50 heavy (non-hydrogen) atoms. The predicted octanol–water partition coefficient (Wildman–Crippen LogP) is 13.3. The Balaban J connectivity index is 1.09. The molecule has 1 aromatic heterocycles. The maximum Gasteiger partial charge on any atom is 0.135 e. The van der Waals surface area contributed by atoms with Crippen LogP contribution in [-0.2, 0) is 0 Å². The Bertz CT molecular complexity index is 3000. The second-order valence-electron chi connectivity index (χ2n) is 13.3. The zero-order valence-electron chi connectivity index (χ0n) is 27.1. The van der Waals surface area contributed by atoms with Crippen molar-refractivity contribution in [2.24, 2.45) is 0 Å². The van der Waals surface area contributed by atoms with Crippen LogP contribution in [0.15, 0.2) is 176 Å². The van der Waals surface area contributed by atoms with E-state index < -0.39 is 0 Å². The molecule has 232 valence electrons. The number of nitrogens with zero attached hydrogens (tertiary/aromatic N) is 1. The van der Waals surface area contributed by atoms with Crippen molar-refractivity contribution in [3.05, 3.63) is 176 Å². The van der Waals surface area contributed by atoms with E-state index in [-0.39, 0.29) is 0 Å². The van der Waals surface area contributed by atoms with E-state index in [0.717, 1.165) is 22.7 Å². The SMILES string of the molecule is c1ccc2c(c1)Oc1ccc(-c3ccccc3-c3ccc(-n4c5cc6ccccc6cc5c5c6ccccc6ccc54)cc3)c3cccc-2c13. The zero-order chi connectivity index (χ0) is 32.8. The van der Waals surface area contributed by atoms with Crippen molar-refractivity contribution in [1.82, 2.24) is 4.57 Å². The quantitative estimate of drug-likeness (QED) is 0.188. The third-order valence-corrected chi connectivity index (χ3v) is 10.6.